The Morgan fingerprint density at radius 2 is 2.21 bits per heavy atom. The minimum Gasteiger partial charge on any atom is -0.322 e. The van der Waals surface area contributed by atoms with E-state index in [2.05, 4.69) is 49.2 Å². The number of nitrogens with zero attached hydrogens (tertiary/aromatic N) is 2. The first-order valence-electron chi connectivity index (χ1n) is 5.91. The Bertz CT molecular complexity index is 732. The number of imidazole rings is 1. The highest BCUT2D eigenvalue weighted by Crippen LogP contribution is 2.24. The van der Waals surface area contributed by atoms with Crippen LogP contribution in [-0.2, 0) is 12.4 Å². The van der Waals surface area contributed by atoms with Crippen molar-refractivity contribution in [2.75, 3.05) is 0 Å². The lowest BCUT2D eigenvalue weighted by atomic mass is 10.2. The maximum absolute atomic E-state index is 6.03. The number of halogens is 2. The molecule has 0 fully saturated rings. The summed E-state index contributed by atoms with van der Waals surface area (Å²) in [6, 6.07) is 6.16. The third kappa shape index (κ3) is 2.45. The SMILES string of the molecule is Cc1cscc1Cn1c(CCl)nc2cc(Br)ccc21. The number of alkyl halides is 1. The molecular formula is C14H12BrClN2S. The summed E-state index contributed by atoms with van der Waals surface area (Å²) in [5, 5.41) is 4.36. The number of fused-ring (bicyclic) bond motifs is 1. The first-order valence-corrected chi connectivity index (χ1v) is 8.18. The number of benzene rings is 1. The summed E-state index contributed by atoms with van der Waals surface area (Å²) in [4.78, 5) is 4.61. The van der Waals surface area contributed by atoms with E-state index in [-0.39, 0.29) is 0 Å². The Morgan fingerprint density at radius 3 is 2.89 bits per heavy atom. The van der Waals surface area contributed by atoms with Crippen LogP contribution in [0.15, 0.2) is 33.4 Å². The minimum atomic E-state index is 0.426. The Kier molecular flexibility index (Phi) is 3.65. The van der Waals surface area contributed by atoms with Crippen molar-refractivity contribution < 1.29 is 0 Å². The van der Waals surface area contributed by atoms with Crippen LogP contribution in [0.1, 0.15) is 17.0 Å². The number of aryl methyl sites for hydroxylation is 1. The lowest BCUT2D eigenvalue weighted by Gasteiger charge is -2.07. The van der Waals surface area contributed by atoms with Gasteiger partial charge in [-0.2, -0.15) is 11.3 Å². The first-order chi connectivity index (χ1) is 9.19. The van der Waals surface area contributed by atoms with E-state index in [9.17, 15) is 0 Å². The molecular weight excluding hydrogens is 344 g/mol. The van der Waals surface area contributed by atoms with Gasteiger partial charge in [0.2, 0.25) is 0 Å². The zero-order valence-electron chi connectivity index (χ0n) is 10.4. The molecule has 3 aromatic rings. The zero-order valence-corrected chi connectivity index (χ0v) is 13.5. The summed E-state index contributed by atoms with van der Waals surface area (Å²) >= 11 is 11.2. The molecule has 0 aliphatic carbocycles. The molecule has 5 heteroatoms. The van der Waals surface area contributed by atoms with Crippen LogP contribution in [0.4, 0.5) is 0 Å². The average Bonchev–Trinajstić information content (AvgIpc) is 2.94. The van der Waals surface area contributed by atoms with E-state index in [4.69, 9.17) is 11.6 Å². The molecule has 0 N–H and O–H groups in total. The second kappa shape index (κ2) is 5.27. The van der Waals surface area contributed by atoms with Gasteiger partial charge in [-0.3, -0.25) is 0 Å². The second-order valence-corrected chi connectivity index (χ2v) is 6.39. The van der Waals surface area contributed by atoms with Crippen molar-refractivity contribution in [1.29, 1.82) is 0 Å². The van der Waals surface area contributed by atoms with Crippen LogP contribution in [-0.4, -0.2) is 9.55 Å². The van der Waals surface area contributed by atoms with E-state index >= 15 is 0 Å². The van der Waals surface area contributed by atoms with Gasteiger partial charge in [-0.05, 0) is 47.0 Å². The summed E-state index contributed by atoms with van der Waals surface area (Å²) in [5.74, 6) is 1.34. The van der Waals surface area contributed by atoms with Gasteiger partial charge in [0.1, 0.15) is 5.82 Å². The van der Waals surface area contributed by atoms with Crippen molar-refractivity contribution in [3.05, 3.63) is 50.4 Å². The van der Waals surface area contributed by atoms with Crippen molar-refractivity contribution in [2.24, 2.45) is 0 Å². The van der Waals surface area contributed by atoms with Gasteiger partial charge in [0.05, 0.1) is 23.5 Å². The van der Waals surface area contributed by atoms with Crippen molar-refractivity contribution in [3.8, 4) is 0 Å². The molecule has 2 nitrogen and oxygen atoms in total. The number of aromatic nitrogens is 2. The number of hydrogen-bond acceptors (Lipinski definition) is 2. The molecule has 0 aliphatic heterocycles. The molecule has 3 rings (SSSR count). The second-order valence-electron chi connectivity index (χ2n) is 4.46. The van der Waals surface area contributed by atoms with E-state index in [1.165, 1.54) is 11.1 Å². The van der Waals surface area contributed by atoms with E-state index in [1.807, 2.05) is 12.1 Å². The van der Waals surface area contributed by atoms with Gasteiger partial charge < -0.3 is 4.57 Å². The normalized spacial score (nSPS) is 11.3. The van der Waals surface area contributed by atoms with Gasteiger partial charge >= 0.3 is 0 Å². The highest BCUT2D eigenvalue weighted by molar-refractivity contribution is 9.10. The summed E-state index contributed by atoms with van der Waals surface area (Å²) in [6.07, 6.45) is 0. The lowest BCUT2D eigenvalue weighted by Crippen LogP contribution is -2.03. The maximum atomic E-state index is 6.03. The molecule has 98 valence electrons. The van der Waals surface area contributed by atoms with Crippen LogP contribution in [0, 0.1) is 6.92 Å². The van der Waals surface area contributed by atoms with Gasteiger partial charge in [-0.15, -0.1) is 11.6 Å². The fraction of sp³-hybridized carbons (Fsp3) is 0.214. The molecule has 0 spiro atoms. The van der Waals surface area contributed by atoms with Crippen LogP contribution < -0.4 is 0 Å². The third-order valence-electron chi connectivity index (χ3n) is 3.20. The molecule has 1 aromatic carbocycles. The summed E-state index contributed by atoms with van der Waals surface area (Å²) in [5.41, 5.74) is 4.77. The predicted octanol–water partition coefficient (Wildman–Crippen LogP) is 4.96. The van der Waals surface area contributed by atoms with Crippen LogP contribution in [0.5, 0.6) is 0 Å². The number of thiophene rings is 1. The number of rotatable bonds is 3. The molecule has 0 saturated carbocycles. The van der Waals surface area contributed by atoms with Crippen molar-refractivity contribution >= 4 is 49.9 Å². The van der Waals surface area contributed by atoms with E-state index in [1.54, 1.807) is 11.3 Å². The van der Waals surface area contributed by atoms with Gasteiger partial charge in [-0.25, -0.2) is 4.98 Å². The maximum Gasteiger partial charge on any atom is 0.125 e. The first kappa shape index (κ1) is 13.2. The zero-order chi connectivity index (χ0) is 13.4. The highest BCUT2D eigenvalue weighted by Gasteiger charge is 2.11. The van der Waals surface area contributed by atoms with Crippen molar-refractivity contribution in [2.45, 2.75) is 19.3 Å². The Balaban J connectivity index is 2.13. The van der Waals surface area contributed by atoms with Crippen LogP contribution in [0.2, 0.25) is 0 Å². The smallest absolute Gasteiger partial charge is 0.125 e. The Morgan fingerprint density at radius 1 is 1.37 bits per heavy atom. The van der Waals surface area contributed by atoms with Crippen LogP contribution in [0.25, 0.3) is 11.0 Å². The monoisotopic (exact) mass is 354 g/mol. The quantitative estimate of drug-likeness (QED) is 0.607. The number of hydrogen-bond donors (Lipinski definition) is 0. The fourth-order valence-electron chi connectivity index (χ4n) is 2.15. The summed E-state index contributed by atoms with van der Waals surface area (Å²) in [7, 11) is 0. The minimum absolute atomic E-state index is 0.426. The van der Waals surface area contributed by atoms with Gasteiger partial charge in [0.25, 0.3) is 0 Å². The lowest BCUT2D eigenvalue weighted by molar-refractivity contribution is 0.777. The molecule has 0 amide bonds. The molecule has 0 radical (unpaired) electrons. The van der Waals surface area contributed by atoms with Crippen molar-refractivity contribution in [1.82, 2.24) is 9.55 Å². The highest BCUT2D eigenvalue weighted by atomic mass is 79.9. The molecule has 0 unspecified atom stereocenters. The largest absolute Gasteiger partial charge is 0.322 e. The third-order valence-corrected chi connectivity index (χ3v) is 4.84. The predicted molar refractivity (Wildman–Crippen MR) is 85.1 cm³/mol. The molecule has 2 aromatic heterocycles. The topological polar surface area (TPSA) is 17.8 Å². The molecule has 0 atom stereocenters. The summed E-state index contributed by atoms with van der Waals surface area (Å²) in [6.45, 7) is 2.97. The van der Waals surface area contributed by atoms with Crippen LogP contribution in [0.3, 0.4) is 0 Å². The van der Waals surface area contributed by atoms with E-state index in [0.29, 0.717) is 5.88 Å². The fourth-order valence-corrected chi connectivity index (χ4v) is 3.55. The van der Waals surface area contributed by atoms with Gasteiger partial charge in [0, 0.05) is 4.47 Å². The summed E-state index contributed by atoms with van der Waals surface area (Å²) < 4.78 is 3.24. The van der Waals surface area contributed by atoms with E-state index in [0.717, 1.165) is 27.9 Å². The Labute approximate surface area is 129 Å². The molecule has 0 saturated heterocycles. The molecule has 0 bridgehead atoms. The Hall–Kier alpha value is -0.840. The molecule has 19 heavy (non-hydrogen) atoms. The van der Waals surface area contributed by atoms with E-state index < -0.39 is 0 Å². The van der Waals surface area contributed by atoms with Crippen LogP contribution >= 0.6 is 38.9 Å². The van der Waals surface area contributed by atoms with Gasteiger partial charge in [-0.1, -0.05) is 15.9 Å². The van der Waals surface area contributed by atoms with Gasteiger partial charge in [0.15, 0.2) is 0 Å². The standard InChI is InChI=1S/C14H12BrClN2S/c1-9-7-19-8-10(9)6-18-13-3-2-11(15)4-12(13)17-14(18)5-16/h2-4,7-8H,5-6H2,1H3. The molecule has 0 aliphatic rings. The molecule has 2 heterocycles. The van der Waals surface area contributed by atoms with Crippen molar-refractivity contribution in [3.63, 3.8) is 0 Å². The average molecular weight is 356 g/mol.